The summed E-state index contributed by atoms with van der Waals surface area (Å²) in [5.41, 5.74) is 2.53. The Morgan fingerprint density at radius 2 is 1.81 bits per heavy atom. The van der Waals surface area contributed by atoms with E-state index < -0.39 is 10.1 Å². The SMILES string of the molecule is Cc1ccc2c(c1S(=O)(=O)O)CCCC2.Cl. The molecule has 1 aromatic carbocycles. The first kappa shape index (κ1) is 13.5. The molecule has 0 fully saturated rings. The van der Waals surface area contributed by atoms with Gasteiger partial charge in [0.25, 0.3) is 10.1 Å². The Bertz CT molecular complexity index is 494. The zero-order valence-corrected chi connectivity index (χ0v) is 10.7. The van der Waals surface area contributed by atoms with Crippen LogP contribution >= 0.6 is 12.4 Å². The van der Waals surface area contributed by atoms with Crippen LogP contribution in [0.3, 0.4) is 0 Å². The third-order valence-electron chi connectivity index (χ3n) is 2.94. The van der Waals surface area contributed by atoms with Gasteiger partial charge in [0.1, 0.15) is 4.90 Å². The van der Waals surface area contributed by atoms with Crippen LogP contribution in [-0.4, -0.2) is 13.0 Å². The van der Waals surface area contributed by atoms with E-state index in [4.69, 9.17) is 0 Å². The molecule has 16 heavy (non-hydrogen) atoms. The van der Waals surface area contributed by atoms with E-state index in [-0.39, 0.29) is 17.3 Å². The maximum Gasteiger partial charge on any atom is 0.295 e. The van der Waals surface area contributed by atoms with Gasteiger partial charge in [-0.15, -0.1) is 12.4 Å². The minimum Gasteiger partial charge on any atom is -0.282 e. The van der Waals surface area contributed by atoms with Crippen molar-refractivity contribution in [1.29, 1.82) is 0 Å². The maximum atomic E-state index is 11.3. The molecule has 1 aliphatic carbocycles. The number of aryl methyl sites for hydroxylation is 2. The van der Waals surface area contributed by atoms with Gasteiger partial charge in [0, 0.05) is 0 Å². The van der Waals surface area contributed by atoms with E-state index in [1.54, 1.807) is 13.0 Å². The normalized spacial score (nSPS) is 15.1. The number of hydrogen-bond acceptors (Lipinski definition) is 2. The average molecular weight is 263 g/mol. The molecule has 1 aliphatic rings. The molecule has 0 unspecified atom stereocenters. The van der Waals surface area contributed by atoms with Gasteiger partial charge in [-0.3, -0.25) is 4.55 Å². The molecular formula is C11H15ClO3S. The van der Waals surface area contributed by atoms with Crippen LogP contribution in [0.4, 0.5) is 0 Å². The lowest BCUT2D eigenvalue weighted by Gasteiger charge is -2.19. The van der Waals surface area contributed by atoms with Gasteiger partial charge in [-0.1, -0.05) is 12.1 Å². The highest BCUT2D eigenvalue weighted by Gasteiger charge is 2.22. The minimum atomic E-state index is -4.07. The number of halogens is 1. The number of rotatable bonds is 1. The first-order chi connectivity index (χ1) is 7.00. The lowest BCUT2D eigenvalue weighted by Crippen LogP contribution is -2.12. The molecule has 0 heterocycles. The molecule has 5 heteroatoms. The van der Waals surface area contributed by atoms with Crippen molar-refractivity contribution in [1.82, 2.24) is 0 Å². The molecule has 3 nitrogen and oxygen atoms in total. The van der Waals surface area contributed by atoms with Crippen LogP contribution in [0.5, 0.6) is 0 Å². The summed E-state index contributed by atoms with van der Waals surface area (Å²) >= 11 is 0. The average Bonchev–Trinajstić information content (AvgIpc) is 2.15. The molecule has 1 N–H and O–H groups in total. The van der Waals surface area contributed by atoms with Gasteiger partial charge in [0.15, 0.2) is 0 Å². The number of fused-ring (bicyclic) bond motifs is 1. The van der Waals surface area contributed by atoms with E-state index >= 15 is 0 Å². The second kappa shape index (κ2) is 4.73. The quantitative estimate of drug-likeness (QED) is 0.792. The molecular weight excluding hydrogens is 248 g/mol. The molecule has 0 spiro atoms. The van der Waals surface area contributed by atoms with Crippen LogP contribution in [0.1, 0.15) is 29.5 Å². The Morgan fingerprint density at radius 1 is 1.19 bits per heavy atom. The first-order valence-corrected chi connectivity index (χ1v) is 6.53. The Kier molecular flexibility index (Phi) is 3.99. The fourth-order valence-electron chi connectivity index (χ4n) is 2.27. The van der Waals surface area contributed by atoms with Gasteiger partial charge >= 0.3 is 0 Å². The van der Waals surface area contributed by atoms with Crippen LogP contribution in [0.2, 0.25) is 0 Å². The number of benzene rings is 1. The second-order valence-corrected chi connectivity index (χ2v) is 5.39. The Balaban J connectivity index is 0.00000128. The van der Waals surface area contributed by atoms with Crippen LogP contribution in [-0.2, 0) is 23.0 Å². The summed E-state index contributed by atoms with van der Waals surface area (Å²) in [5.74, 6) is 0. The van der Waals surface area contributed by atoms with E-state index in [2.05, 4.69) is 0 Å². The van der Waals surface area contributed by atoms with Crippen molar-refractivity contribution in [2.24, 2.45) is 0 Å². The fourth-order valence-corrected chi connectivity index (χ4v) is 3.29. The van der Waals surface area contributed by atoms with Gasteiger partial charge in [-0.05, 0) is 49.3 Å². The van der Waals surface area contributed by atoms with Crippen LogP contribution in [0.15, 0.2) is 17.0 Å². The summed E-state index contributed by atoms with van der Waals surface area (Å²) in [4.78, 5) is 0.139. The van der Waals surface area contributed by atoms with Crippen molar-refractivity contribution in [2.75, 3.05) is 0 Å². The van der Waals surface area contributed by atoms with Crippen molar-refractivity contribution in [3.63, 3.8) is 0 Å². The first-order valence-electron chi connectivity index (χ1n) is 5.09. The van der Waals surface area contributed by atoms with E-state index in [1.807, 2.05) is 6.07 Å². The highest BCUT2D eigenvalue weighted by atomic mass is 35.5. The standard InChI is InChI=1S/C11H14O3S.ClH/c1-8-6-7-9-4-2-3-5-10(9)11(8)15(12,13)14;/h6-7H,2-5H2,1H3,(H,12,13,14);1H. The van der Waals surface area contributed by atoms with Gasteiger partial charge < -0.3 is 0 Å². The van der Waals surface area contributed by atoms with E-state index in [1.165, 1.54) is 0 Å². The fraction of sp³-hybridized carbons (Fsp3) is 0.455. The minimum absolute atomic E-state index is 0. The molecule has 1 aromatic rings. The largest absolute Gasteiger partial charge is 0.295 e. The van der Waals surface area contributed by atoms with Crippen LogP contribution in [0, 0.1) is 6.92 Å². The monoisotopic (exact) mass is 262 g/mol. The zero-order valence-electron chi connectivity index (χ0n) is 9.06. The summed E-state index contributed by atoms with van der Waals surface area (Å²) in [6, 6.07) is 3.74. The second-order valence-electron chi connectivity index (χ2n) is 4.03. The Labute approximate surface area is 102 Å². The van der Waals surface area contributed by atoms with E-state index in [9.17, 15) is 13.0 Å². The smallest absolute Gasteiger partial charge is 0.282 e. The van der Waals surface area contributed by atoms with Crippen LogP contribution < -0.4 is 0 Å². The molecule has 0 amide bonds. The molecule has 0 radical (unpaired) electrons. The summed E-state index contributed by atoms with van der Waals surface area (Å²) in [6.45, 7) is 1.72. The van der Waals surface area contributed by atoms with E-state index in [0.29, 0.717) is 5.56 Å². The maximum absolute atomic E-state index is 11.3. The molecule has 0 saturated carbocycles. The van der Waals surface area contributed by atoms with Crippen molar-refractivity contribution < 1.29 is 13.0 Å². The van der Waals surface area contributed by atoms with Gasteiger partial charge in [0.2, 0.25) is 0 Å². The highest BCUT2D eigenvalue weighted by molar-refractivity contribution is 7.86. The van der Waals surface area contributed by atoms with Crippen LogP contribution in [0.25, 0.3) is 0 Å². The molecule has 0 bridgehead atoms. The van der Waals surface area contributed by atoms with Gasteiger partial charge in [0.05, 0.1) is 0 Å². The summed E-state index contributed by atoms with van der Waals surface area (Å²) < 4.78 is 31.8. The summed E-state index contributed by atoms with van der Waals surface area (Å²) in [6.07, 6.45) is 3.77. The summed E-state index contributed by atoms with van der Waals surface area (Å²) in [5, 5.41) is 0. The molecule has 0 atom stereocenters. The third-order valence-corrected chi connectivity index (χ3v) is 4.02. The Hall–Kier alpha value is -0.580. The predicted octanol–water partition coefficient (Wildman–Crippen LogP) is 2.54. The third kappa shape index (κ3) is 2.39. The van der Waals surface area contributed by atoms with E-state index in [0.717, 1.165) is 36.8 Å². The van der Waals surface area contributed by atoms with Crippen molar-refractivity contribution in [3.8, 4) is 0 Å². The molecule has 2 rings (SSSR count). The topological polar surface area (TPSA) is 54.4 Å². The highest BCUT2D eigenvalue weighted by Crippen LogP contribution is 2.29. The Morgan fingerprint density at radius 3 is 2.44 bits per heavy atom. The molecule has 0 aliphatic heterocycles. The lowest BCUT2D eigenvalue weighted by molar-refractivity contribution is 0.480. The van der Waals surface area contributed by atoms with Crippen molar-refractivity contribution in [3.05, 3.63) is 28.8 Å². The lowest BCUT2D eigenvalue weighted by atomic mass is 9.90. The van der Waals surface area contributed by atoms with Crippen molar-refractivity contribution in [2.45, 2.75) is 37.5 Å². The predicted molar refractivity (Wildman–Crippen MR) is 64.9 cm³/mol. The molecule has 0 aromatic heterocycles. The number of hydrogen-bond donors (Lipinski definition) is 1. The molecule has 0 saturated heterocycles. The van der Waals surface area contributed by atoms with Gasteiger partial charge in [-0.2, -0.15) is 8.42 Å². The molecule has 90 valence electrons. The van der Waals surface area contributed by atoms with Gasteiger partial charge in [-0.25, -0.2) is 0 Å². The zero-order chi connectivity index (χ0) is 11.1. The van der Waals surface area contributed by atoms with Crippen molar-refractivity contribution >= 4 is 22.5 Å². The summed E-state index contributed by atoms with van der Waals surface area (Å²) in [7, 11) is -4.07.